The van der Waals surface area contributed by atoms with Gasteiger partial charge >= 0.3 is 0 Å². The Bertz CT molecular complexity index is 767. The van der Waals surface area contributed by atoms with Crippen LogP contribution < -0.4 is 18.6 Å². The lowest BCUT2D eigenvalue weighted by Gasteiger charge is -2.30. The van der Waals surface area contributed by atoms with E-state index in [1.165, 1.54) is 0 Å². The molecule has 0 aliphatic carbocycles. The first-order chi connectivity index (χ1) is 13.5. The van der Waals surface area contributed by atoms with Crippen LogP contribution in [-0.2, 0) is 0 Å². The summed E-state index contributed by atoms with van der Waals surface area (Å²) in [5.41, 5.74) is 1.94. The van der Waals surface area contributed by atoms with Crippen molar-refractivity contribution in [2.24, 2.45) is 0 Å². The van der Waals surface area contributed by atoms with Crippen molar-refractivity contribution >= 4 is 20.5 Å². The molecule has 0 aliphatic rings. The quantitative estimate of drug-likeness (QED) is 0.348. The molecule has 152 valence electrons. The highest BCUT2D eigenvalue weighted by atomic mass is 28.4. The minimum absolute atomic E-state index is 0.755. The van der Waals surface area contributed by atoms with Gasteiger partial charge < -0.3 is 18.6 Å². The average Bonchev–Trinajstić information content (AvgIpc) is 2.75. The Morgan fingerprint density at radius 2 is 1.32 bits per heavy atom. The molecule has 0 saturated carbocycles. The number of hydrogen-bond acceptors (Lipinski definition) is 4. The van der Waals surface area contributed by atoms with Crippen LogP contribution in [0.3, 0.4) is 0 Å². The van der Waals surface area contributed by atoms with Crippen molar-refractivity contribution < 1.29 is 18.6 Å². The SMILES string of the molecule is CC[Si](CC)(CC)Oc1cccc(OC)c1C=Cc1cc(OC)cc(OC)c1. The van der Waals surface area contributed by atoms with Gasteiger partial charge in [-0.25, -0.2) is 0 Å². The van der Waals surface area contributed by atoms with Gasteiger partial charge in [-0.2, -0.15) is 0 Å². The molecule has 2 aromatic carbocycles. The van der Waals surface area contributed by atoms with E-state index in [4.69, 9.17) is 18.6 Å². The summed E-state index contributed by atoms with van der Waals surface area (Å²) in [5, 5.41) is 0. The van der Waals surface area contributed by atoms with Crippen LogP contribution in [0.2, 0.25) is 18.1 Å². The maximum absolute atomic E-state index is 6.66. The fourth-order valence-corrected chi connectivity index (χ4v) is 5.84. The highest BCUT2D eigenvalue weighted by molar-refractivity contribution is 6.74. The highest BCUT2D eigenvalue weighted by Crippen LogP contribution is 2.35. The molecule has 0 amide bonds. The van der Waals surface area contributed by atoms with Gasteiger partial charge in [-0.3, -0.25) is 0 Å². The smallest absolute Gasteiger partial charge is 0.250 e. The molecule has 0 atom stereocenters. The van der Waals surface area contributed by atoms with Gasteiger partial charge in [0.2, 0.25) is 0 Å². The summed E-state index contributed by atoms with van der Waals surface area (Å²) >= 11 is 0. The zero-order valence-electron chi connectivity index (χ0n) is 17.9. The summed E-state index contributed by atoms with van der Waals surface area (Å²) in [6.45, 7) is 6.70. The van der Waals surface area contributed by atoms with Crippen LogP contribution in [0.4, 0.5) is 0 Å². The topological polar surface area (TPSA) is 36.9 Å². The van der Waals surface area contributed by atoms with E-state index >= 15 is 0 Å². The molecular formula is C23H32O4Si. The van der Waals surface area contributed by atoms with Crippen LogP contribution >= 0.6 is 0 Å². The van der Waals surface area contributed by atoms with E-state index in [1.807, 2.05) is 48.6 Å². The number of benzene rings is 2. The zero-order chi connectivity index (χ0) is 20.6. The monoisotopic (exact) mass is 400 g/mol. The minimum atomic E-state index is -1.79. The Morgan fingerprint density at radius 3 is 1.82 bits per heavy atom. The van der Waals surface area contributed by atoms with Crippen LogP contribution in [0.5, 0.6) is 23.0 Å². The maximum atomic E-state index is 6.66. The fraction of sp³-hybridized carbons (Fsp3) is 0.391. The molecule has 0 spiro atoms. The van der Waals surface area contributed by atoms with Gasteiger partial charge in [0.25, 0.3) is 8.32 Å². The standard InChI is InChI=1S/C23H32O4Si/c1-7-28(8-2,9-3)27-23-12-10-11-22(26-6)21(23)14-13-18-15-19(24-4)17-20(16-18)25-5/h10-17H,7-9H2,1-6H3. The molecule has 2 aromatic rings. The largest absolute Gasteiger partial charge is 0.543 e. The molecule has 0 saturated heterocycles. The molecular weight excluding hydrogens is 368 g/mol. The molecule has 5 heteroatoms. The molecule has 0 fully saturated rings. The van der Waals surface area contributed by atoms with E-state index in [9.17, 15) is 0 Å². The predicted molar refractivity (Wildman–Crippen MR) is 119 cm³/mol. The summed E-state index contributed by atoms with van der Waals surface area (Å²) in [4.78, 5) is 0. The lowest BCUT2D eigenvalue weighted by molar-refractivity contribution is 0.394. The lowest BCUT2D eigenvalue weighted by Crippen LogP contribution is -2.39. The molecule has 0 unspecified atom stereocenters. The third kappa shape index (κ3) is 5.10. The summed E-state index contributed by atoms with van der Waals surface area (Å²) in [7, 11) is 3.20. The maximum Gasteiger partial charge on any atom is 0.250 e. The van der Waals surface area contributed by atoms with E-state index in [0.717, 1.165) is 52.3 Å². The van der Waals surface area contributed by atoms with E-state index in [-0.39, 0.29) is 0 Å². The van der Waals surface area contributed by atoms with Crippen molar-refractivity contribution in [1.82, 2.24) is 0 Å². The Labute approximate surface area is 170 Å². The van der Waals surface area contributed by atoms with Crippen molar-refractivity contribution in [3.63, 3.8) is 0 Å². The zero-order valence-corrected chi connectivity index (χ0v) is 18.9. The predicted octanol–water partition coefficient (Wildman–Crippen LogP) is 6.27. The number of methoxy groups -OCH3 is 3. The Balaban J connectivity index is 2.46. The molecule has 0 bridgehead atoms. The summed E-state index contributed by atoms with van der Waals surface area (Å²) < 4.78 is 23.0. The van der Waals surface area contributed by atoms with Gasteiger partial charge in [-0.05, 0) is 54.0 Å². The molecule has 0 N–H and O–H groups in total. The van der Waals surface area contributed by atoms with Crippen LogP contribution in [0.25, 0.3) is 12.2 Å². The van der Waals surface area contributed by atoms with E-state index in [2.05, 4.69) is 20.8 Å². The second-order valence-corrected chi connectivity index (χ2v) is 11.4. The number of rotatable bonds is 10. The normalized spacial score (nSPS) is 11.5. The van der Waals surface area contributed by atoms with Crippen LogP contribution in [0.1, 0.15) is 31.9 Å². The molecule has 4 nitrogen and oxygen atoms in total. The fourth-order valence-electron chi connectivity index (χ4n) is 3.26. The molecule has 2 rings (SSSR count). The first-order valence-electron chi connectivity index (χ1n) is 9.81. The van der Waals surface area contributed by atoms with Gasteiger partial charge in [-0.1, -0.05) is 32.9 Å². The molecule has 28 heavy (non-hydrogen) atoms. The molecule has 0 radical (unpaired) electrons. The third-order valence-electron chi connectivity index (χ3n) is 5.32. The van der Waals surface area contributed by atoms with Crippen molar-refractivity contribution in [2.75, 3.05) is 21.3 Å². The summed E-state index contributed by atoms with van der Waals surface area (Å²) in [6.07, 6.45) is 4.07. The second-order valence-electron chi connectivity index (χ2n) is 6.70. The first kappa shape index (κ1) is 21.9. The van der Waals surface area contributed by atoms with E-state index in [0.29, 0.717) is 0 Å². The molecule has 0 aromatic heterocycles. The van der Waals surface area contributed by atoms with Gasteiger partial charge in [0.1, 0.15) is 23.0 Å². The highest BCUT2D eigenvalue weighted by Gasteiger charge is 2.31. The lowest BCUT2D eigenvalue weighted by atomic mass is 10.1. The molecule has 0 aliphatic heterocycles. The Morgan fingerprint density at radius 1 is 0.750 bits per heavy atom. The van der Waals surface area contributed by atoms with Gasteiger partial charge in [0.15, 0.2) is 0 Å². The number of hydrogen-bond donors (Lipinski definition) is 0. The van der Waals surface area contributed by atoms with Crippen molar-refractivity contribution in [3.05, 3.63) is 47.5 Å². The van der Waals surface area contributed by atoms with Crippen molar-refractivity contribution in [2.45, 2.75) is 38.9 Å². The van der Waals surface area contributed by atoms with Crippen LogP contribution in [0.15, 0.2) is 36.4 Å². The Hall–Kier alpha value is -2.40. The minimum Gasteiger partial charge on any atom is -0.543 e. The number of ether oxygens (including phenoxy) is 3. The summed E-state index contributed by atoms with van der Waals surface area (Å²) in [5.74, 6) is 3.20. The van der Waals surface area contributed by atoms with E-state index in [1.54, 1.807) is 21.3 Å². The van der Waals surface area contributed by atoms with Gasteiger partial charge in [0.05, 0.1) is 26.9 Å². The van der Waals surface area contributed by atoms with Crippen molar-refractivity contribution in [1.29, 1.82) is 0 Å². The van der Waals surface area contributed by atoms with Gasteiger partial charge in [0, 0.05) is 6.07 Å². The Kier molecular flexibility index (Phi) is 8.00. The average molecular weight is 401 g/mol. The van der Waals surface area contributed by atoms with Crippen LogP contribution in [0, 0.1) is 0 Å². The second kappa shape index (κ2) is 10.2. The third-order valence-corrected chi connectivity index (χ3v) is 9.84. The van der Waals surface area contributed by atoms with Crippen LogP contribution in [-0.4, -0.2) is 29.6 Å². The first-order valence-corrected chi connectivity index (χ1v) is 12.3. The molecule has 0 heterocycles. The van der Waals surface area contributed by atoms with E-state index < -0.39 is 8.32 Å². The summed E-state index contributed by atoms with van der Waals surface area (Å²) in [6, 6.07) is 15.1. The van der Waals surface area contributed by atoms with Crippen molar-refractivity contribution in [3.8, 4) is 23.0 Å². The van der Waals surface area contributed by atoms with Gasteiger partial charge in [-0.15, -0.1) is 0 Å².